The number of rotatable bonds is 3. The number of alkyl halides is 3. The normalized spacial score (nSPS) is 13.2. The van der Waals surface area contributed by atoms with E-state index in [2.05, 4.69) is 10.4 Å². The summed E-state index contributed by atoms with van der Waals surface area (Å²) in [6.45, 7) is 4.33. The smallest absolute Gasteiger partial charge is 0.330 e. The molecule has 0 bridgehead atoms. The Hall–Kier alpha value is -0.980. The van der Waals surface area contributed by atoms with Gasteiger partial charge in [0, 0.05) is 12.6 Å². The van der Waals surface area contributed by atoms with Gasteiger partial charge in [0.05, 0.1) is 0 Å². The Kier molecular flexibility index (Phi) is 5.41. The maximum absolute atomic E-state index is 12.2. The van der Waals surface area contributed by atoms with Crippen LogP contribution in [-0.4, -0.2) is 36.2 Å². The molecule has 0 saturated heterocycles. The van der Waals surface area contributed by atoms with Crippen LogP contribution in [0.1, 0.15) is 20.8 Å². The molecule has 0 rings (SSSR count). The predicted octanol–water partition coefficient (Wildman–Crippen LogP) is 1.10. The molecule has 4 nitrogen and oxygen atoms in total. The van der Waals surface area contributed by atoms with Gasteiger partial charge in [0.2, 0.25) is 5.96 Å². The largest absolute Gasteiger partial charge is 0.406 e. The van der Waals surface area contributed by atoms with Crippen molar-refractivity contribution in [3.63, 3.8) is 0 Å². The molecule has 0 spiro atoms. The molecule has 90 valence electrons. The van der Waals surface area contributed by atoms with Crippen LogP contribution in [0.15, 0.2) is 4.99 Å². The molecule has 15 heavy (non-hydrogen) atoms. The molecule has 0 aliphatic heterocycles. The van der Waals surface area contributed by atoms with E-state index in [0.717, 1.165) is 4.90 Å². The number of nitrogens with zero attached hydrogens (tertiary/aromatic N) is 2. The molecule has 0 aromatic rings. The molecular weight excluding hydrogens is 209 g/mol. The topological polar surface area (TPSA) is 53.6 Å². The van der Waals surface area contributed by atoms with Gasteiger partial charge in [-0.05, 0) is 20.8 Å². The lowest BCUT2D eigenvalue weighted by molar-refractivity contribution is -0.140. The molecule has 0 amide bonds. The Morgan fingerprint density at radius 1 is 1.47 bits per heavy atom. The maximum Gasteiger partial charge on any atom is 0.406 e. The van der Waals surface area contributed by atoms with Crippen molar-refractivity contribution in [2.45, 2.75) is 33.0 Å². The highest BCUT2D eigenvalue weighted by Crippen LogP contribution is 2.17. The molecular formula is C8H17F3N4. The summed E-state index contributed by atoms with van der Waals surface area (Å²) in [7, 11) is 0. The zero-order valence-electron chi connectivity index (χ0n) is 9.10. The van der Waals surface area contributed by atoms with Crippen LogP contribution in [0.25, 0.3) is 0 Å². The Bertz CT molecular complexity index is 212. The van der Waals surface area contributed by atoms with Crippen molar-refractivity contribution in [3.8, 4) is 0 Å². The van der Waals surface area contributed by atoms with Crippen LogP contribution in [0.4, 0.5) is 13.2 Å². The van der Waals surface area contributed by atoms with Gasteiger partial charge in [0.1, 0.15) is 6.54 Å². The van der Waals surface area contributed by atoms with Gasteiger partial charge in [0.15, 0.2) is 0 Å². The van der Waals surface area contributed by atoms with Gasteiger partial charge in [-0.15, -0.1) is 0 Å². The van der Waals surface area contributed by atoms with Crippen LogP contribution in [-0.2, 0) is 0 Å². The summed E-state index contributed by atoms with van der Waals surface area (Å²) in [5, 5.41) is 0. The quantitative estimate of drug-likeness (QED) is 0.328. The van der Waals surface area contributed by atoms with E-state index in [-0.39, 0.29) is 12.0 Å². The lowest BCUT2D eigenvalue weighted by atomic mass is 10.3. The summed E-state index contributed by atoms with van der Waals surface area (Å²) in [5.41, 5.74) is 2.18. The highest BCUT2D eigenvalue weighted by atomic mass is 19.4. The third-order valence-corrected chi connectivity index (χ3v) is 1.68. The SMILES string of the molecule is CCN=C(NN)N(CC(F)(F)F)C(C)C. The molecule has 0 saturated carbocycles. The number of guanidine groups is 1. The first-order chi connectivity index (χ1) is 6.81. The third-order valence-electron chi connectivity index (χ3n) is 1.68. The van der Waals surface area contributed by atoms with E-state index in [0.29, 0.717) is 6.54 Å². The van der Waals surface area contributed by atoms with Crippen LogP contribution in [0, 0.1) is 0 Å². The average molecular weight is 226 g/mol. The highest BCUT2D eigenvalue weighted by Gasteiger charge is 2.33. The van der Waals surface area contributed by atoms with Gasteiger partial charge in [-0.3, -0.25) is 10.4 Å². The van der Waals surface area contributed by atoms with Crippen molar-refractivity contribution in [1.29, 1.82) is 0 Å². The molecule has 0 heterocycles. The second-order valence-corrected chi connectivity index (χ2v) is 3.28. The molecule has 0 fully saturated rings. The predicted molar refractivity (Wildman–Crippen MR) is 53.2 cm³/mol. The van der Waals surface area contributed by atoms with Crippen molar-refractivity contribution < 1.29 is 13.2 Å². The van der Waals surface area contributed by atoms with Gasteiger partial charge < -0.3 is 4.90 Å². The Labute approximate surface area is 87.3 Å². The van der Waals surface area contributed by atoms with Crippen LogP contribution in [0.3, 0.4) is 0 Å². The lowest BCUT2D eigenvalue weighted by Crippen LogP contribution is -2.51. The number of hydrogen-bond acceptors (Lipinski definition) is 2. The monoisotopic (exact) mass is 226 g/mol. The lowest BCUT2D eigenvalue weighted by Gasteiger charge is -2.30. The zero-order valence-corrected chi connectivity index (χ0v) is 9.10. The van der Waals surface area contributed by atoms with E-state index in [1.165, 1.54) is 0 Å². The highest BCUT2D eigenvalue weighted by molar-refractivity contribution is 5.79. The molecule has 0 aromatic heterocycles. The van der Waals surface area contributed by atoms with Gasteiger partial charge in [0.25, 0.3) is 0 Å². The van der Waals surface area contributed by atoms with Crippen molar-refractivity contribution >= 4 is 5.96 Å². The number of aliphatic imine (C=N–C) groups is 1. The number of hydrazine groups is 1. The second kappa shape index (κ2) is 5.79. The first kappa shape index (κ1) is 14.0. The molecule has 0 radical (unpaired) electrons. The molecule has 7 heteroatoms. The van der Waals surface area contributed by atoms with Crippen molar-refractivity contribution in [2.24, 2.45) is 10.8 Å². The maximum atomic E-state index is 12.2. The van der Waals surface area contributed by atoms with Crippen molar-refractivity contribution in [1.82, 2.24) is 10.3 Å². The van der Waals surface area contributed by atoms with Crippen molar-refractivity contribution in [3.05, 3.63) is 0 Å². The summed E-state index contributed by atoms with van der Waals surface area (Å²) in [4.78, 5) is 4.93. The van der Waals surface area contributed by atoms with Gasteiger partial charge in [-0.1, -0.05) is 0 Å². The summed E-state index contributed by atoms with van der Waals surface area (Å²) in [6, 6.07) is -0.326. The molecule has 0 aliphatic rings. The van der Waals surface area contributed by atoms with Gasteiger partial charge in [-0.2, -0.15) is 13.2 Å². The van der Waals surface area contributed by atoms with Gasteiger partial charge >= 0.3 is 6.18 Å². The number of nitrogens with two attached hydrogens (primary N) is 1. The standard InChI is InChI=1S/C8H17F3N4/c1-4-13-7(14-12)15(6(2)3)5-8(9,10)11/h6H,4-5,12H2,1-3H3,(H,13,14). The van der Waals surface area contributed by atoms with Crippen molar-refractivity contribution in [2.75, 3.05) is 13.1 Å². The van der Waals surface area contributed by atoms with Crippen LogP contribution >= 0.6 is 0 Å². The fraction of sp³-hybridized carbons (Fsp3) is 0.875. The summed E-state index contributed by atoms with van der Waals surface area (Å²) >= 11 is 0. The second-order valence-electron chi connectivity index (χ2n) is 3.28. The van der Waals surface area contributed by atoms with Crippen LogP contribution in [0.5, 0.6) is 0 Å². The molecule has 0 aromatic carbocycles. The third kappa shape index (κ3) is 5.46. The minimum atomic E-state index is -4.27. The Morgan fingerprint density at radius 3 is 2.27 bits per heavy atom. The van der Waals surface area contributed by atoms with E-state index < -0.39 is 12.7 Å². The van der Waals surface area contributed by atoms with E-state index in [1.54, 1.807) is 20.8 Å². The number of halogens is 3. The first-order valence-electron chi connectivity index (χ1n) is 4.66. The Balaban J connectivity index is 4.72. The average Bonchev–Trinajstić information content (AvgIpc) is 2.09. The van der Waals surface area contributed by atoms with E-state index in [1.807, 2.05) is 0 Å². The summed E-state index contributed by atoms with van der Waals surface area (Å²) < 4.78 is 36.7. The molecule has 0 unspecified atom stereocenters. The summed E-state index contributed by atoms with van der Waals surface area (Å²) in [5.74, 6) is 5.19. The number of nitrogens with one attached hydrogen (secondary N) is 1. The Morgan fingerprint density at radius 2 is 2.00 bits per heavy atom. The fourth-order valence-electron chi connectivity index (χ4n) is 1.06. The minimum absolute atomic E-state index is 0.0600. The summed E-state index contributed by atoms with van der Waals surface area (Å²) in [6.07, 6.45) is -4.27. The fourth-order valence-corrected chi connectivity index (χ4v) is 1.06. The molecule has 3 N–H and O–H groups in total. The van der Waals surface area contributed by atoms with E-state index in [4.69, 9.17) is 5.84 Å². The van der Waals surface area contributed by atoms with Crippen LogP contribution in [0.2, 0.25) is 0 Å². The van der Waals surface area contributed by atoms with Gasteiger partial charge in [-0.25, -0.2) is 5.84 Å². The van der Waals surface area contributed by atoms with E-state index >= 15 is 0 Å². The first-order valence-corrected chi connectivity index (χ1v) is 4.66. The zero-order chi connectivity index (χ0) is 12.1. The molecule has 0 atom stereocenters. The van der Waals surface area contributed by atoms with Crippen LogP contribution < -0.4 is 11.3 Å². The van der Waals surface area contributed by atoms with E-state index in [9.17, 15) is 13.2 Å². The molecule has 0 aliphatic carbocycles. The minimum Gasteiger partial charge on any atom is -0.330 e. The number of hydrogen-bond donors (Lipinski definition) is 2.